The maximum atomic E-state index is 12.4. The van der Waals surface area contributed by atoms with Gasteiger partial charge in [-0.2, -0.15) is 0 Å². The van der Waals surface area contributed by atoms with E-state index >= 15 is 0 Å². The van der Waals surface area contributed by atoms with Crippen LogP contribution < -0.4 is 10.9 Å². The van der Waals surface area contributed by atoms with Crippen LogP contribution in [0.2, 0.25) is 0 Å². The minimum Gasteiger partial charge on any atom is -0.350 e. The molecule has 0 spiro atoms. The Labute approximate surface area is 133 Å². The zero-order chi connectivity index (χ0) is 16.2. The molecular weight excluding hydrogens is 290 g/mol. The third kappa shape index (κ3) is 3.29. The fourth-order valence-corrected chi connectivity index (χ4v) is 2.53. The average molecular weight is 307 g/mol. The van der Waals surface area contributed by atoms with Gasteiger partial charge in [-0.05, 0) is 42.1 Å². The molecule has 23 heavy (non-hydrogen) atoms. The fourth-order valence-electron chi connectivity index (χ4n) is 2.53. The summed E-state index contributed by atoms with van der Waals surface area (Å²) in [6.45, 7) is 2.19. The summed E-state index contributed by atoms with van der Waals surface area (Å²) in [7, 11) is 0. The van der Waals surface area contributed by atoms with Crippen LogP contribution in [0.4, 0.5) is 0 Å². The average Bonchev–Trinajstić information content (AvgIpc) is 2.58. The van der Waals surface area contributed by atoms with Crippen molar-refractivity contribution in [2.45, 2.75) is 20.0 Å². The molecule has 1 N–H and O–H groups in total. The molecule has 1 aromatic carbocycles. The summed E-state index contributed by atoms with van der Waals surface area (Å²) in [4.78, 5) is 28.5. The Hall–Kier alpha value is -2.95. The summed E-state index contributed by atoms with van der Waals surface area (Å²) in [5, 5.41) is 3.78. The fraction of sp³-hybridized carbons (Fsp3) is 0.167. The van der Waals surface area contributed by atoms with Gasteiger partial charge in [0, 0.05) is 24.5 Å². The molecule has 0 saturated carbocycles. The molecule has 0 atom stereocenters. The van der Waals surface area contributed by atoms with Crippen LogP contribution in [-0.2, 0) is 17.9 Å². The molecule has 0 fully saturated rings. The van der Waals surface area contributed by atoms with Gasteiger partial charge < -0.3 is 5.32 Å². The maximum Gasteiger partial charge on any atom is 0.254 e. The van der Waals surface area contributed by atoms with E-state index in [4.69, 9.17) is 0 Å². The number of hydrogen-bond acceptors (Lipinski definition) is 3. The first-order valence-electron chi connectivity index (χ1n) is 7.40. The molecule has 0 saturated heterocycles. The van der Waals surface area contributed by atoms with Gasteiger partial charge in [0.25, 0.3) is 5.56 Å². The minimum atomic E-state index is -0.195. The summed E-state index contributed by atoms with van der Waals surface area (Å²) in [6, 6.07) is 13.1. The van der Waals surface area contributed by atoms with Crippen LogP contribution in [0.25, 0.3) is 10.9 Å². The van der Waals surface area contributed by atoms with Crippen molar-refractivity contribution in [3.63, 3.8) is 0 Å². The lowest BCUT2D eigenvalue weighted by atomic mass is 10.1. The van der Waals surface area contributed by atoms with Gasteiger partial charge >= 0.3 is 0 Å². The number of carbonyl (C=O) groups excluding carboxylic acids is 1. The number of benzene rings is 1. The van der Waals surface area contributed by atoms with Gasteiger partial charge in [0.1, 0.15) is 6.54 Å². The molecule has 0 aliphatic rings. The first-order valence-corrected chi connectivity index (χ1v) is 7.40. The monoisotopic (exact) mass is 307 g/mol. The van der Waals surface area contributed by atoms with E-state index in [0.29, 0.717) is 12.1 Å². The van der Waals surface area contributed by atoms with Crippen molar-refractivity contribution < 1.29 is 4.79 Å². The molecule has 5 heteroatoms. The predicted octanol–water partition coefficient (Wildman–Crippen LogP) is 2.02. The van der Waals surface area contributed by atoms with Crippen LogP contribution in [0.15, 0.2) is 59.7 Å². The third-order valence-corrected chi connectivity index (χ3v) is 3.72. The number of para-hydroxylation sites is 1. The van der Waals surface area contributed by atoms with Crippen molar-refractivity contribution in [3.8, 4) is 0 Å². The Bertz CT molecular complexity index is 901. The lowest BCUT2D eigenvalue weighted by Gasteiger charge is -2.12. The van der Waals surface area contributed by atoms with Crippen LogP contribution >= 0.6 is 0 Å². The zero-order valence-electron chi connectivity index (χ0n) is 12.8. The van der Waals surface area contributed by atoms with Gasteiger partial charge in [0.2, 0.25) is 5.91 Å². The zero-order valence-corrected chi connectivity index (χ0v) is 12.8. The van der Waals surface area contributed by atoms with Crippen molar-refractivity contribution in [2.75, 3.05) is 0 Å². The highest BCUT2D eigenvalue weighted by Crippen LogP contribution is 2.12. The number of aryl methyl sites for hydroxylation is 1. The second-order valence-corrected chi connectivity index (χ2v) is 5.41. The normalized spacial score (nSPS) is 10.7. The highest BCUT2D eigenvalue weighted by molar-refractivity contribution is 5.82. The topological polar surface area (TPSA) is 64.0 Å². The summed E-state index contributed by atoms with van der Waals surface area (Å²) >= 11 is 0. The summed E-state index contributed by atoms with van der Waals surface area (Å²) < 4.78 is 1.52. The molecule has 2 aromatic heterocycles. The van der Waals surface area contributed by atoms with Gasteiger partial charge in [-0.25, -0.2) is 0 Å². The molecular formula is C18H17N3O2. The van der Waals surface area contributed by atoms with Gasteiger partial charge in [-0.15, -0.1) is 0 Å². The lowest BCUT2D eigenvalue weighted by Crippen LogP contribution is -2.32. The molecule has 1 amide bonds. The number of aromatic nitrogens is 2. The maximum absolute atomic E-state index is 12.4. The Morgan fingerprint density at radius 3 is 2.70 bits per heavy atom. The molecule has 0 unspecified atom stereocenters. The Morgan fingerprint density at radius 1 is 1.17 bits per heavy atom. The van der Waals surface area contributed by atoms with E-state index in [-0.39, 0.29) is 18.0 Å². The van der Waals surface area contributed by atoms with Crippen LogP contribution in [0.1, 0.15) is 11.1 Å². The molecule has 0 aliphatic carbocycles. The Morgan fingerprint density at radius 2 is 1.91 bits per heavy atom. The quantitative estimate of drug-likeness (QED) is 0.802. The summed E-state index contributed by atoms with van der Waals surface area (Å²) in [5.41, 5.74) is 2.23. The van der Waals surface area contributed by atoms with Gasteiger partial charge in [0.15, 0.2) is 0 Å². The second kappa shape index (κ2) is 6.44. The second-order valence-electron chi connectivity index (χ2n) is 5.41. The van der Waals surface area contributed by atoms with Crippen LogP contribution in [0.5, 0.6) is 0 Å². The molecule has 0 bridgehead atoms. The van der Waals surface area contributed by atoms with E-state index < -0.39 is 0 Å². The van der Waals surface area contributed by atoms with Crippen LogP contribution in [-0.4, -0.2) is 15.5 Å². The van der Waals surface area contributed by atoms with Crippen molar-refractivity contribution in [1.82, 2.24) is 14.9 Å². The van der Waals surface area contributed by atoms with Gasteiger partial charge in [0.05, 0.1) is 5.52 Å². The number of amides is 1. The molecule has 5 nitrogen and oxygen atoms in total. The van der Waals surface area contributed by atoms with Crippen molar-refractivity contribution in [2.24, 2.45) is 0 Å². The Balaban J connectivity index is 1.82. The van der Waals surface area contributed by atoms with E-state index in [2.05, 4.69) is 10.3 Å². The molecule has 2 heterocycles. The van der Waals surface area contributed by atoms with Crippen molar-refractivity contribution in [1.29, 1.82) is 0 Å². The number of fused-ring (bicyclic) bond motifs is 1. The number of nitrogens with one attached hydrogen (secondary N) is 1. The smallest absolute Gasteiger partial charge is 0.254 e. The number of pyridine rings is 2. The number of rotatable bonds is 4. The highest BCUT2D eigenvalue weighted by atomic mass is 16.2. The largest absolute Gasteiger partial charge is 0.350 e. The SMILES string of the molecule is Cc1cc2ccccc2n(CC(=O)NCc2ccncc2)c1=O. The van der Waals surface area contributed by atoms with Crippen molar-refractivity contribution >= 4 is 16.8 Å². The lowest BCUT2D eigenvalue weighted by molar-refractivity contribution is -0.121. The third-order valence-electron chi connectivity index (χ3n) is 3.72. The minimum absolute atomic E-state index is 0.00606. The standard InChI is InChI=1S/C18H17N3O2/c1-13-10-15-4-2-3-5-16(15)21(18(13)23)12-17(22)20-11-14-6-8-19-9-7-14/h2-10H,11-12H2,1H3,(H,20,22). The molecule has 0 aliphatic heterocycles. The van der Waals surface area contributed by atoms with Gasteiger partial charge in [-0.3, -0.25) is 19.1 Å². The number of nitrogens with zero attached hydrogens (tertiary/aromatic N) is 2. The summed E-state index contributed by atoms with van der Waals surface area (Å²) in [5.74, 6) is -0.195. The van der Waals surface area contributed by atoms with Gasteiger partial charge in [-0.1, -0.05) is 18.2 Å². The molecule has 3 rings (SSSR count). The van der Waals surface area contributed by atoms with E-state index in [9.17, 15) is 9.59 Å². The molecule has 116 valence electrons. The number of hydrogen-bond donors (Lipinski definition) is 1. The molecule has 3 aromatic rings. The van der Waals surface area contributed by atoms with E-state index in [1.165, 1.54) is 4.57 Å². The molecule has 0 radical (unpaired) electrons. The number of carbonyl (C=O) groups is 1. The van der Waals surface area contributed by atoms with Crippen LogP contribution in [0.3, 0.4) is 0 Å². The Kier molecular flexibility index (Phi) is 4.19. The van der Waals surface area contributed by atoms with E-state index in [1.807, 2.05) is 42.5 Å². The first kappa shape index (κ1) is 15.0. The highest BCUT2D eigenvalue weighted by Gasteiger charge is 2.10. The van der Waals surface area contributed by atoms with Crippen molar-refractivity contribution in [3.05, 3.63) is 76.3 Å². The van der Waals surface area contributed by atoms with E-state index in [1.54, 1.807) is 19.3 Å². The van der Waals surface area contributed by atoms with Crippen LogP contribution in [0, 0.1) is 6.92 Å². The van der Waals surface area contributed by atoms with E-state index in [0.717, 1.165) is 16.5 Å². The first-order chi connectivity index (χ1) is 11.1. The summed E-state index contributed by atoms with van der Waals surface area (Å²) in [6.07, 6.45) is 3.36. The predicted molar refractivity (Wildman–Crippen MR) is 89.0 cm³/mol.